The van der Waals surface area contributed by atoms with E-state index in [0.29, 0.717) is 0 Å². The van der Waals surface area contributed by atoms with Crippen molar-refractivity contribution in [3.63, 3.8) is 0 Å². The Kier molecular flexibility index (Phi) is 6.30. The molecule has 25 heavy (non-hydrogen) atoms. The molecule has 5 heteroatoms. The van der Waals surface area contributed by atoms with Gasteiger partial charge in [-0.15, -0.1) is 0 Å². The van der Waals surface area contributed by atoms with Crippen LogP contribution in [0.25, 0.3) is 20.4 Å². The fourth-order valence-electron chi connectivity index (χ4n) is 3.30. The number of thiophene rings is 2. The third-order valence-corrected chi connectivity index (χ3v) is 26.2. The van der Waals surface area contributed by atoms with E-state index in [1.165, 1.54) is 32.2 Å². The average Bonchev–Trinajstić information content (AvgIpc) is 3.14. The van der Waals surface area contributed by atoms with Crippen molar-refractivity contribution < 1.29 is 0 Å². The molecule has 3 rings (SSSR count). The molecule has 0 aromatic carbocycles. The Labute approximate surface area is 169 Å². The summed E-state index contributed by atoms with van der Waals surface area (Å²) in [5.74, 6) is 0. The molecule has 0 bridgehead atoms. The van der Waals surface area contributed by atoms with Gasteiger partial charge in [0.2, 0.25) is 0 Å². The number of hydrogen-bond acceptors (Lipinski definition) is 2. The predicted molar refractivity (Wildman–Crippen MR) is 125 cm³/mol. The van der Waals surface area contributed by atoms with Crippen LogP contribution in [-0.4, -0.2) is 41.3 Å². The van der Waals surface area contributed by atoms with Gasteiger partial charge < -0.3 is 0 Å². The van der Waals surface area contributed by atoms with Crippen molar-refractivity contribution in [3.05, 3.63) is 12.1 Å². The van der Waals surface area contributed by atoms with Gasteiger partial charge in [0.1, 0.15) is 0 Å². The molecule has 0 fully saturated rings. The molecule has 0 aliphatic rings. The number of unbranched alkanes of at least 4 members (excludes halogenated alkanes) is 3. The first-order chi connectivity index (χ1) is 11.6. The molecule has 0 N–H and O–H groups in total. The van der Waals surface area contributed by atoms with Gasteiger partial charge in [0, 0.05) is 0 Å². The molecule has 0 aliphatic carbocycles. The maximum atomic E-state index is 2.68. The van der Waals surface area contributed by atoms with Crippen LogP contribution in [0.3, 0.4) is 0 Å². The van der Waals surface area contributed by atoms with Gasteiger partial charge in [-0.05, 0) is 0 Å². The molecule has 138 valence electrons. The molecule has 1 nitrogen and oxygen atoms in total. The minimum atomic E-state index is -2.00. The van der Waals surface area contributed by atoms with E-state index in [-0.39, 0.29) is 0 Å². The monoisotopic (exact) mass is 591 g/mol. The molecule has 3 heterocycles. The Bertz CT molecular complexity index is 806. The van der Waals surface area contributed by atoms with Crippen molar-refractivity contribution in [1.29, 1.82) is 0 Å². The van der Waals surface area contributed by atoms with Gasteiger partial charge in [-0.3, -0.25) is 0 Å². The van der Waals surface area contributed by atoms with Gasteiger partial charge >= 0.3 is 171 Å². The Morgan fingerprint density at radius 2 is 1.24 bits per heavy atom. The topological polar surface area (TPSA) is 4.93 Å². The Morgan fingerprint density at radius 1 is 0.760 bits per heavy atom. The SMILES string of the molecule is CCCCCCn1c2c[c]([Sn]([CH3])([CH3])[CH3])sc2c2s[c]([Sn]([CH3])([CH3])[CH3])cc21. The number of aromatic nitrogens is 1. The normalized spacial score (nSPS) is 13.4. The predicted octanol–water partition coefficient (Wildman–Crippen LogP) is 6.59. The van der Waals surface area contributed by atoms with E-state index in [1.807, 2.05) is 0 Å². The van der Waals surface area contributed by atoms with E-state index in [4.69, 9.17) is 0 Å². The molecule has 0 radical (unpaired) electrons. The zero-order valence-corrected chi connectivity index (χ0v) is 24.3. The quantitative estimate of drug-likeness (QED) is 0.217. The van der Waals surface area contributed by atoms with Crippen LogP contribution in [-0.2, 0) is 6.54 Å². The molecular weight excluding hydrogens is 556 g/mol. The van der Waals surface area contributed by atoms with Gasteiger partial charge in [0.15, 0.2) is 0 Å². The van der Waals surface area contributed by atoms with Crippen molar-refractivity contribution in [3.8, 4) is 0 Å². The number of nitrogens with zero attached hydrogens (tertiary/aromatic N) is 1. The molecule has 0 aliphatic heterocycles. The van der Waals surface area contributed by atoms with Crippen molar-refractivity contribution in [2.45, 2.75) is 68.8 Å². The summed E-state index contributed by atoms with van der Waals surface area (Å²) < 4.78 is 9.34. The second-order valence-corrected chi connectivity index (χ2v) is 42.3. The van der Waals surface area contributed by atoms with Gasteiger partial charge in [-0.1, -0.05) is 0 Å². The summed E-state index contributed by atoms with van der Waals surface area (Å²) in [6.45, 7) is 3.50. The summed E-state index contributed by atoms with van der Waals surface area (Å²) >= 11 is 0.255. The van der Waals surface area contributed by atoms with Crippen molar-refractivity contribution in [2.75, 3.05) is 0 Å². The number of aryl methyl sites for hydroxylation is 1. The third-order valence-electron chi connectivity index (χ3n) is 4.93. The zero-order valence-electron chi connectivity index (χ0n) is 17.0. The molecule has 3 aromatic rings. The molecule has 0 saturated heterocycles. The van der Waals surface area contributed by atoms with E-state index in [2.05, 4.69) is 75.9 Å². The van der Waals surface area contributed by atoms with Gasteiger partial charge in [-0.25, -0.2) is 0 Å². The van der Waals surface area contributed by atoms with Crippen molar-refractivity contribution in [1.82, 2.24) is 4.57 Å². The first-order valence-electron chi connectivity index (χ1n) is 9.69. The molecule has 0 unspecified atom stereocenters. The van der Waals surface area contributed by atoms with Crippen LogP contribution < -0.4 is 5.79 Å². The van der Waals surface area contributed by atoms with E-state index < -0.39 is 36.8 Å². The fraction of sp³-hybridized carbons (Fsp3) is 0.600. The summed E-state index contributed by atoms with van der Waals surface area (Å²) in [6.07, 6.45) is 5.37. The molecule has 0 saturated carbocycles. The molecule has 0 amide bonds. The summed E-state index contributed by atoms with van der Waals surface area (Å²) in [4.78, 5) is 15.3. The first kappa shape index (κ1) is 20.5. The van der Waals surface area contributed by atoms with Crippen LogP contribution >= 0.6 is 22.7 Å². The molecular formula is C20H33NS2Sn2. The van der Waals surface area contributed by atoms with Crippen LogP contribution in [0.1, 0.15) is 32.6 Å². The third kappa shape index (κ3) is 4.29. The van der Waals surface area contributed by atoms with Crippen LogP contribution in [0.5, 0.6) is 0 Å². The summed E-state index contributed by atoms with van der Waals surface area (Å²) in [6, 6.07) is 5.14. The molecule has 3 aromatic heterocycles. The zero-order chi connectivity index (χ0) is 18.4. The Hall–Kier alpha value is 0.797. The standard InChI is InChI=1S/C14H15NS2.6CH3.2Sn/c1-2-3-4-5-8-15-11-6-9-16-13(11)14-12(15)7-10-17-14;;;;;;;;/h6-7H,2-5,8H2,1H3;6*1H3;;. The molecule has 0 spiro atoms. The van der Waals surface area contributed by atoms with E-state index >= 15 is 0 Å². The first-order valence-corrected chi connectivity index (χ1v) is 31.3. The minimum absolute atomic E-state index is 1.20. The van der Waals surface area contributed by atoms with E-state index in [0.717, 1.165) is 0 Å². The fourth-order valence-corrected chi connectivity index (χ4v) is 16.1. The number of rotatable bonds is 7. The van der Waals surface area contributed by atoms with Crippen LogP contribution in [0.4, 0.5) is 0 Å². The Morgan fingerprint density at radius 3 is 1.64 bits per heavy atom. The second kappa shape index (κ2) is 7.67. The van der Waals surface area contributed by atoms with Gasteiger partial charge in [0.25, 0.3) is 0 Å². The maximum absolute atomic E-state index is 2.68. The van der Waals surface area contributed by atoms with Crippen LogP contribution in [0.15, 0.2) is 12.1 Å². The average molecular weight is 589 g/mol. The second-order valence-electron chi connectivity index (χ2n) is 9.36. The summed E-state index contributed by atoms with van der Waals surface area (Å²) in [5, 5.41) is 0. The van der Waals surface area contributed by atoms with Crippen molar-refractivity contribution in [2.24, 2.45) is 0 Å². The Balaban J connectivity index is 2.12. The van der Waals surface area contributed by atoms with Gasteiger partial charge in [-0.2, -0.15) is 0 Å². The molecule has 0 atom stereocenters. The van der Waals surface area contributed by atoms with Crippen molar-refractivity contribution >= 4 is 85.6 Å². The summed E-state index contributed by atoms with van der Waals surface area (Å²) in [5.41, 5.74) is 3.08. The summed E-state index contributed by atoms with van der Waals surface area (Å²) in [7, 11) is 0. The van der Waals surface area contributed by atoms with E-state index in [1.54, 1.807) is 26.2 Å². The van der Waals surface area contributed by atoms with Gasteiger partial charge in [0.05, 0.1) is 0 Å². The number of fused-ring (bicyclic) bond motifs is 3. The number of hydrogen-bond donors (Lipinski definition) is 0. The van der Waals surface area contributed by atoms with Crippen LogP contribution in [0, 0.1) is 0 Å². The van der Waals surface area contributed by atoms with Crippen LogP contribution in [0.2, 0.25) is 29.6 Å². The van der Waals surface area contributed by atoms with E-state index in [9.17, 15) is 0 Å².